The Morgan fingerprint density at radius 1 is 1.15 bits per heavy atom. The molecule has 0 spiro atoms. The Kier molecular flexibility index (Phi) is 4.56. The van der Waals surface area contributed by atoms with Crippen LogP contribution in [0.4, 0.5) is 5.82 Å². The normalized spacial score (nSPS) is 21.6. The molecule has 0 unspecified atom stereocenters. The predicted octanol–water partition coefficient (Wildman–Crippen LogP) is 3.10. The number of piperazine rings is 1. The van der Waals surface area contributed by atoms with Crippen LogP contribution in [0.5, 0.6) is 0 Å². The van der Waals surface area contributed by atoms with E-state index in [0.717, 1.165) is 25.6 Å². The van der Waals surface area contributed by atoms with Gasteiger partial charge in [-0.2, -0.15) is 0 Å². The van der Waals surface area contributed by atoms with E-state index in [1.165, 1.54) is 56.6 Å². The number of aryl methyl sites for hydroxylation is 1. The van der Waals surface area contributed by atoms with Crippen LogP contribution in [0, 0.1) is 0 Å². The number of anilines is 1. The van der Waals surface area contributed by atoms with Crippen LogP contribution in [0.2, 0.25) is 0 Å². The van der Waals surface area contributed by atoms with Gasteiger partial charge in [0, 0.05) is 38.4 Å². The van der Waals surface area contributed by atoms with Crippen molar-refractivity contribution in [2.75, 3.05) is 31.1 Å². The lowest BCUT2D eigenvalue weighted by Gasteiger charge is -2.38. The molecule has 1 aromatic heterocycles. The highest BCUT2D eigenvalue weighted by atomic mass is 15.3. The second kappa shape index (κ2) is 6.57. The molecule has 0 atom stereocenters. The van der Waals surface area contributed by atoms with E-state index in [9.17, 15) is 0 Å². The van der Waals surface area contributed by atoms with E-state index < -0.39 is 0 Å². The predicted molar refractivity (Wildman–Crippen MR) is 84.3 cm³/mol. The van der Waals surface area contributed by atoms with Crippen molar-refractivity contribution in [1.29, 1.82) is 0 Å². The lowest BCUT2D eigenvalue weighted by atomic mass is 10.1. The molecule has 2 fully saturated rings. The lowest BCUT2D eigenvalue weighted by molar-refractivity contribution is 0.187. The van der Waals surface area contributed by atoms with Crippen LogP contribution < -0.4 is 4.90 Å². The third-order valence-electron chi connectivity index (χ3n) is 4.83. The number of hydrogen-bond acceptors (Lipinski definition) is 3. The van der Waals surface area contributed by atoms with Gasteiger partial charge in [0.1, 0.15) is 5.82 Å². The molecule has 0 aromatic carbocycles. The van der Waals surface area contributed by atoms with Gasteiger partial charge in [-0.15, -0.1) is 0 Å². The van der Waals surface area contributed by atoms with E-state index in [2.05, 4.69) is 33.8 Å². The van der Waals surface area contributed by atoms with Gasteiger partial charge in [-0.25, -0.2) is 4.98 Å². The summed E-state index contributed by atoms with van der Waals surface area (Å²) in [5.74, 6) is 1.18. The summed E-state index contributed by atoms with van der Waals surface area (Å²) < 4.78 is 0. The Morgan fingerprint density at radius 2 is 1.90 bits per heavy atom. The Morgan fingerprint density at radius 3 is 2.60 bits per heavy atom. The van der Waals surface area contributed by atoms with E-state index >= 15 is 0 Å². The average molecular weight is 273 g/mol. The van der Waals surface area contributed by atoms with Gasteiger partial charge in [0.05, 0.1) is 0 Å². The molecule has 110 valence electrons. The van der Waals surface area contributed by atoms with Gasteiger partial charge in [0.2, 0.25) is 0 Å². The van der Waals surface area contributed by atoms with E-state index in [-0.39, 0.29) is 0 Å². The van der Waals surface area contributed by atoms with Crippen LogP contribution in [-0.2, 0) is 6.42 Å². The fourth-order valence-corrected chi connectivity index (χ4v) is 3.66. The van der Waals surface area contributed by atoms with Crippen molar-refractivity contribution >= 4 is 5.82 Å². The topological polar surface area (TPSA) is 19.4 Å². The molecule has 0 amide bonds. The molecule has 1 aliphatic heterocycles. The summed E-state index contributed by atoms with van der Waals surface area (Å²) in [6.07, 6.45) is 10.1. The van der Waals surface area contributed by atoms with Gasteiger partial charge in [-0.1, -0.05) is 26.2 Å². The highest BCUT2D eigenvalue weighted by molar-refractivity contribution is 5.41. The average Bonchev–Trinajstić information content (AvgIpc) is 3.02. The first kappa shape index (κ1) is 13.9. The van der Waals surface area contributed by atoms with E-state index in [1.807, 2.05) is 6.20 Å². The second-order valence-electron chi connectivity index (χ2n) is 6.23. The van der Waals surface area contributed by atoms with Crippen molar-refractivity contribution in [3.8, 4) is 0 Å². The zero-order valence-corrected chi connectivity index (χ0v) is 12.7. The van der Waals surface area contributed by atoms with Gasteiger partial charge in [-0.3, -0.25) is 4.90 Å². The SMILES string of the molecule is CCCc1ccnc(N2CCN(C3CCCC3)CC2)c1. The summed E-state index contributed by atoms with van der Waals surface area (Å²) in [7, 11) is 0. The van der Waals surface area contributed by atoms with Crippen LogP contribution in [0.1, 0.15) is 44.6 Å². The molecule has 3 nitrogen and oxygen atoms in total. The minimum absolute atomic E-state index is 0.872. The monoisotopic (exact) mass is 273 g/mol. The fraction of sp³-hybridized carbons (Fsp3) is 0.706. The molecule has 0 radical (unpaired) electrons. The maximum absolute atomic E-state index is 4.58. The smallest absolute Gasteiger partial charge is 0.128 e. The Hall–Kier alpha value is -1.09. The van der Waals surface area contributed by atoms with Gasteiger partial charge >= 0.3 is 0 Å². The summed E-state index contributed by atoms with van der Waals surface area (Å²) >= 11 is 0. The Balaban J connectivity index is 1.58. The van der Waals surface area contributed by atoms with Crippen LogP contribution >= 0.6 is 0 Å². The van der Waals surface area contributed by atoms with Gasteiger partial charge in [0.15, 0.2) is 0 Å². The lowest BCUT2D eigenvalue weighted by Crippen LogP contribution is -2.50. The quantitative estimate of drug-likeness (QED) is 0.840. The molecular weight excluding hydrogens is 246 g/mol. The maximum atomic E-state index is 4.58. The van der Waals surface area contributed by atoms with Gasteiger partial charge in [-0.05, 0) is 37.0 Å². The van der Waals surface area contributed by atoms with E-state index in [0.29, 0.717) is 0 Å². The maximum Gasteiger partial charge on any atom is 0.128 e. The molecule has 0 N–H and O–H groups in total. The van der Waals surface area contributed by atoms with Crippen molar-refractivity contribution in [2.45, 2.75) is 51.5 Å². The molecular formula is C17H27N3. The van der Waals surface area contributed by atoms with Gasteiger partial charge < -0.3 is 4.90 Å². The number of pyridine rings is 1. The zero-order chi connectivity index (χ0) is 13.8. The first-order valence-electron chi connectivity index (χ1n) is 8.31. The third-order valence-corrected chi connectivity index (χ3v) is 4.83. The highest BCUT2D eigenvalue weighted by Gasteiger charge is 2.26. The number of aromatic nitrogens is 1. The molecule has 2 aliphatic rings. The Labute approximate surface area is 123 Å². The largest absolute Gasteiger partial charge is 0.354 e. The summed E-state index contributed by atoms with van der Waals surface area (Å²) in [4.78, 5) is 9.75. The summed E-state index contributed by atoms with van der Waals surface area (Å²) in [5.41, 5.74) is 1.43. The molecule has 0 bridgehead atoms. The summed E-state index contributed by atoms with van der Waals surface area (Å²) in [5, 5.41) is 0. The molecule has 20 heavy (non-hydrogen) atoms. The number of hydrogen-bond donors (Lipinski definition) is 0. The minimum atomic E-state index is 0.872. The van der Waals surface area contributed by atoms with Crippen molar-refractivity contribution in [1.82, 2.24) is 9.88 Å². The highest BCUT2D eigenvalue weighted by Crippen LogP contribution is 2.25. The molecule has 1 saturated carbocycles. The van der Waals surface area contributed by atoms with Crippen molar-refractivity contribution in [3.05, 3.63) is 23.9 Å². The van der Waals surface area contributed by atoms with Crippen LogP contribution in [0.3, 0.4) is 0 Å². The second-order valence-corrected chi connectivity index (χ2v) is 6.23. The minimum Gasteiger partial charge on any atom is -0.354 e. The molecule has 1 aliphatic carbocycles. The molecule has 2 heterocycles. The van der Waals surface area contributed by atoms with E-state index in [4.69, 9.17) is 0 Å². The molecule has 3 rings (SSSR count). The Bertz CT molecular complexity index is 418. The fourth-order valence-electron chi connectivity index (χ4n) is 3.66. The van der Waals surface area contributed by atoms with Crippen molar-refractivity contribution < 1.29 is 0 Å². The van der Waals surface area contributed by atoms with E-state index in [1.54, 1.807) is 0 Å². The van der Waals surface area contributed by atoms with Gasteiger partial charge in [0.25, 0.3) is 0 Å². The van der Waals surface area contributed by atoms with Crippen molar-refractivity contribution in [2.24, 2.45) is 0 Å². The molecule has 1 aromatic rings. The number of nitrogens with zero attached hydrogens (tertiary/aromatic N) is 3. The van der Waals surface area contributed by atoms with Crippen LogP contribution in [0.15, 0.2) is 18.3 Å². The summed E-state index contributed by atoms with van der Waals surface area (Å²) in [6, 6.07) is 5.31. The summed E-state index contributed by atoms with van der Waals surface area (Å²) in [6.45, 7) is 6.94. The van der Waals surface area contributed by atoms with Crippen LogP contribution in [0.25, 0.3) is 0 Å². The standard InChI is InChI=1S/C17H27N3/c1-2-5-15-8-9-18-17(14-15)20-12-10-19(11-13-20)16-6-3-4-7-16/h8-9,14,16H,2-7,10-13H2,1H3. The first-order valence-corrected chi connectivity index (χ1v) is 8.31. The van der Waals surface area contributed by atoms with Crippen molar-refractivity contribution in [3.63, 3.8) is 0 Å². The number of rotatable bonds is 4. The zero-order valence-electron chi connectivity index (χ0n) is 12.7. The molecule has 1 saturated heterocycles. The molecule has 3 heteroatoms. The first-order chi connectivity index (χ1) is 9.86. The third kappa shape index (κ3) is 3.14. The van der Waals surface area contributed by atoms with Crippen LogP contribution in [-0.4, -0.2) is 42.1 Å².